The summed E-state index contributed by atoms with van der Waals surface area (Å²) in [4.78, 5) is 29.9. The van der Waals surface area contributed by atoms with E-state index in [4.69, 9.17) is 4.74 Å². The number of carbonyl (C=O) groups excluding carboxylic acids is 2. The number of halogens is 1. The summed E-state index contributed by atoms with van der Waals surface area (Å²) in [5, 5.41) is 2.94. The van der Waals surface area contributed by atoms with E-state index in [1.54, 1.807) is 13.8 Å². The van der Waals surface area contributed by atoms with Crippen molar-refractivity contribution in [3.63, 3.8) is 0 Å². The molecular formula is C28H30BrN3O3. The van der Waals surface area contributed by atoms with E-state index in [0.717, 1.165) is 34.4 Å². The molecule has 1 heterocycles. The van der Waals surface area contributed by atoms with Crippen LogP contribution in [0, 0.1) is 6.92 Å². The molecule has 0 saturated carbocycles. The summed E-state index contributed by atoms with van der Waals surface area (Å²) in [7, 11) is 0. The number of hydrogen-bond acceptors (Lipinski definition) is 4. The highest BCUT2D eigenvalue weighted by molar-refractivity contribution is 9.10. The molecule has 2 amide bonds. The van der Waals surface area contributed by atoms with Gasteiger partial charge in [-0.2, -0.15) is 0 Å². The molecule has 3 aromatic rings. The van der Waals surface area contributed by atoms with Crippen LogP contribution in [-0.4, -0.2) is 48.5 Å². The second-order valence-electron chi connectivity index (χ2n) is 9.16. The quantitative estimate of drug-likeness (QED) is 0.451. The molecule has 1 aliphatic rings. The molecule has 182 valence electrons. The molecule has 1 fully saturated rings. The van der Waals surface area contributed by atoms with E-state index in [-0.39, 0.29) is 11.8 Å². The van der Waals surface area contributed by atoms with Crippen LogP contribution in [0.25, 0.3) is 0 Å². The average Bonchev–Trinajstić information content (AvgIpc) is 2.86. The number of hydrogen-bond donors (Lipinski definition) is 1. The van der Waals surface area contributed by atoms with E-state index in [1.807, 2.05) is 84.6 Å². The molecule has 1 N–H and O–H groups in total. The lowest BCUT2D eigenvalue weighted by atomic mass is 10.1. The molecule has 1 saturated heterocycles. The lowest BCUT2D eigenvalue weighted by molar-refractivity contribution is -0.128. The Hall–Kier alpha value is -3.32. The van der Waals surface area contributed by atoms with Crippen molar-refractivity contribution >= 4 is 39.1 Å². The molecule has 0 aromatic heterocycles. The van der Waals surface area contributed by atoms with Crippen LogP contribution in [0.3, 0.4) is 0 Å². The average molecular weight is 536 g/mol. The van der Waals surface area contributed by atoms with Gasteiger partial charge in [-0.15, -0.1) is 0 Å². The second-order valence-corrected chi connectivity index (χ2v) is 10.1. The first-order chi connectivity index (χ1) is 16.7. The van der Waals surface area contributed by atoms with Gasteiger partial charge in [0.25, 0.3) is 11.8 Å². The molecular weight excluding hydrogens is 506 g/mol. The van der Waals surface area contributed by atoms with Gasteiger partial charge in [-0.25, -0.2) is 0 Å². The van der Waals surface area contributed by atoms with Gasteiger partial charge in [0.15, 0.2) is 5.60 Å². The largest absolute Gasteiger partial charge is 0.478 e. The van der Waals surface area contributed by atoms with Crippen LogP contribution >= 0.6 is 15.9 Å². The Bertz CT molecular complexity index is 1180. The van der Waals surface area contributed by atoms with Crippen LogP contribution in [0.5, 0.6) is 5.75 Å². The van der Waals surface area contributed by atoms with Gasteiger partial charge in [0.1, 0.15) is 5.75 Å². The number of rotatable bonds is 6. The van der Waals surface area contributed by atoms with E-state index in [2.05, 4.69) is 26.1 Å². The predicted molar refractivity (Wildman–Crippen MR) is 143 cm³/mol. The second kappa shape index (κ2) is 10.5. The van der Waals surface area contributed by atoms with Gasteiger partial charge in [-0.05, 0) is 80.9 Å². The summed E-state index contributed by atoms with van der Waals surface area (Å²) in [5.74, 6) is 0.494. The highest BCUT2D eigenvalue weighted by Gasteiger charge is 2.30. The zero-order valence-electron chi connectivity index (χ0n) is 20.3. The number of anilines is 2. The molecule has 0 unspecified atom stereocenters. The summed E-state index contributed by atoms with van der Waals surface area (Å²) in [5.41, 5.74) is 2.51. The van der Waals surface area contributed by atoms with Crippen LogP contribution in [0.4, 0.5) is 11.4 Å². The molecule has 7 heteroatoms. The van der Waals surface area contributed by atoms with Gasteiger partial charge >= 0.3 is 0 Å². The molecule has 0 radical (unpaired) electrons. The SMILES string of the molecule is Cc1ccccc1C(=O)N1CCN(c2ccc(NC(=O)C(C)(C)Oc3ccc(Br)cc3)cc2)CC1. The number of nitrogens with zero attached hydrogens (tertiary/aromatic N) is 2. The van der Waals surface area contributed by atoms with Crippen molar-refractivity contribution in [1.29, 1.82) is 0 Å². The topological polar surface area (TPSA) is 61.9 Å². The first-order valence-corrected chi connectivity index (χ1v) is 12.5. The number of piperazine rings is 1. The smallest absolute Gasteiger partial charge is 0.267 e. The number of ether oxygens (including phenoxy) is 1. The summed E-state index contributed by atoms with van der Waals surface area (Å²) >= 11 is 3.40. The molecule has 0 aliphatic carbocycles. The molecule has 1 aliphatic heterocycles. The molecule has 6 nitrogen and oxygen atoms in total. The predicted octanol–water partition coefficient (Wildman–Crippen LogP) is 5.52. The van der Waals surface area contributed by atoms with Crippen molar-refractivity contribution in [2.75, 3.05) is 36.4 Å². The Morgan fingerprint density at radius 2 is 1.51 bits per heavy atom. The molecule has 0 atom stereocenters. The maximum Gasteiger partial charge on any atom is 0.267 e. The van der Waals surface area contributed by atoms with Gasteiger partial charge in [0, 0.05) is 47.6 Å². The minimum absolute atomic E-state index is 0.0915. The summed E-state index contributed by atoms with van der Waals surface area (Å²) in [6, 6.07) is 22.9. The fourth-order valence-electron chi connectivity index (χ4n) is 4.03. The summed E-state index contributed by atoms with van der Waals surface area (Å²) in [6.07, 6.45) is 0. The summed E-state index contributed by atoms with van der Waals surface area (Å²) < 4.78 is 6.86. The summed E-state index contributed by atoms with van der Waals surface area (Å²) in [6.45, 7) is 8.33. The Kier molecular flexibility index (Phi) is 7.45. The third kappa shape index (κ3) is 6.03. The van der Waals surface area contributed by atoms with Crippen LogP contribution in [0.15, 0.2) is 77.3 Å². The Morgan fingerprint density at radius 3 is 2.14 bits per heavy atom. The van der Waals surface area contributed by atoms with Gasteiger partial charge in [-0.3, -0.25) is 9.59 Å². The van der Waals surface area contributed by atoms with Crippen molar-refractivity contribution < 1.29 is 14.3 Å². The van der Waals surface area contributed by atoms with Crippen molar-refractivity contribution in [3.05, 3.63) is 88.4 Å². The zero-order valence-corrected chi connectivity index (χ0v) is 21.8. The van der Waals surface area contributed by atoms with E-state index < -0.39 is 5.60 Å². The van der Waals surface area contributed by atoms with Crippen LogP contribution in [-0.2, 0) is 4.79 Å². The van der Waals surface area contributed by atoms with E-state index >= 15 is 0 Å². The minimum Gasteiger partial charge on any atom is -0.478 e. The number of nitrogens with one attached hydrogen (secondary N) is 1. The van der Waals surface area contributed by atoms with Gasteiger partial charge in [-0.1, -0.05) is 34.1 Å². The molecule has 0 spiro atoms. The molecule has 4 rings (SSSR count). The lowest BCUT2D eigenvalue weighted by Gasteiger charge is -2.36. The standard InChI is InChI=1S/C28H30BrN3O3/c1-20-6-4-5-7-25(20)26(33)32-18-16-31(17-19-32)23-12-10-22(11-13-23)30-27(34)28(2,3)35-24-14-8-21(29)9-15-24/h4-15H,16-19H2,1-3H3,(H,30,34). The van der Waals surface area contributed by atoms with Crippen molar-refractivity contribution in [3.8, 4) is 5.75 Å². The van der Waals surface area contributed by atoms with E-state index in [1.165, 1.54) is 0 Å². The first kappa shape index (κ1) is 24.8. The fourth-order valence-corrected chi connectivity index (χ4v) is 4.30. The maximum atomic E-state index is 12.9. The molecule has 3 aromatic carbocycles. The minimum atomic E-state index is -1.04. The molecule has 0 bridgehead atoms. The van der Waals surface area contributed by atoms with Crippen molar-refractivity contribution in [2.24, 2.45) is 0 Å². The Morgan fingerprint density at radius 1 is 0.886 bits per heavy atom. The number of benzene rings is 3. The van der Waals surface area contributed by atoms with E-state index in [9.17, 15) is 9.59 Å². The molecule has 35 heavy (non-hydrogen) atoms. The first-order valence-electron chi connectivity index (χ1n) is 11.7. The van der Waals surface area contributed by atoms with Crippen LogP contribution in [0.2, 0.25) is 0 Å². The normalized spacial score (nSPS) is 13.9. The zero-order chi connectivity index (χ0) is 25.0. The third-order valence-electron chi connectivity index (χ3n) is 6.17. The van der Waals surface area contributed by atoms with Gasteiger partial charge in [0.05, 0.1) is 0 Å². The monoisotopic (exact) mass is 535 g/mol. The van der Waals surface area contributed by atoms with Crippen LogP contribution < -0.4 is 15.0 Å². The van der Waals surface area contributed by atoms with Crippen molar-refractivity contribution in [1.82, 2.24) is 4.90 Å². The fraction of sp³-hybridized carbons (Fsp3) is 0.286. The number of amides is 2. The Balaban J connectivity index is 1.32. The van der Waals surface area contributed by atoms with Crippen LogP contribution in [0.1, 0.15) is 29.8 Å². The highest BCUT2D eigenvalue weighted by Crippen LogP contribution is 2.24. The van der Waals surface area contributed by atoms with E-state index in [0.29, 0.717) is 24.5 Å². The van der Waals surface area contributed by atoms with Gasteiger partial charge in [0.2, 0.25) is 0 Å². The highest BCUT2D eigenvalue weighted by atomic mass is 79.9. The third-order valence-corrected chi connectivity index (χ3v) is 6.69. The Labute approximate surface area is 215 Å². The maximum absolute atomic E-state index is 12.9. The number of carbonyl (C=O) groups is 2. The lowest BCUT2D eigenvalue weighted by Crippen LogP contribution is -2.49. The number of aryl methyl sites for hydroxylation is 1. The van der Waals surface area contributed by atoms with Crippen molar-refractivity contribution in [2.45, 2.75) is 26.4 Å². The van der Waals surface area contributed by atoms with Gasteiger partial charge < -0.3 is 19.9 Å².